The van der Waals surface area contributed by atoms with Gasteiger partial charge < -0.3 is 10.1 Å². The zero-order valence-corrected chi connectivity index (χ0v) is 11.1. The van der Waals surface area contributed by atoms with E-state index in [1.165, 1.54) is 0 Å². The lowest BCUT2D eigenvalue weighted by Crippen LogP contribution is -2.18. The first-order valence-corrected chi connectivity index (χ1v) is 6.89. The number of aryl methyl sites for hydroxylation is 1. The SMILES string of the molecule is Cc1cc(-c2cc[nH]c2)nc(C2CCC(O)CC2)n1. The monoisotopic (exact) mass is 257 g/mol. The maximum absolute atomic E-state index is 9.59. The lowest BCUT2D eigenvalue weighted by atomic mass is 9.87. The number of H-pyrrole nitrogens is 1. The first-order valence-electron chi connectivity index (χ1n) is 6.89. The summed E-state index contributed by atoms with van der Waals surface area (Å²) in [7, 11) is 0. The number of hydrogen-bond acceptors (Lipinski definition) is 3. The van der Waals surface area contributed by atoms with E-state index in [4.69, 9.17) is 4.98 Å². The second-order valence-electron chi connectivity index (χ2n) is 5.36. The number of aliphatic hydroxyl groups excluding tert-OH is 1. The predicted octanol–water partition coefficient (Wildman–Crippen LogP) is 2.80. The number of hydrogen-bond donors (Lipinski definition) is 2. The van der Waals surface area contributed by atoms with Gasteiger partial charge in [-0.1, -0.05) is 0 Å². The zero-order chi connectivity index (χ0) is 13.2. The van der Waals surface area contributed by atoms with Crippen LogP contribution in [-0.4, -0.2) is 26.2 Å². The Morgan fingerprint density at radius 3 is 2.68 bits per heavy atom. The molecule has 4 heteroatoms. The van der Waals surface area contributed by atoms with Crippen LogP contribution >= 0.6 is 0 Å². The van der Waals surface area contributed by atoms with Crippen molar-refractivity contribution in [3.05, 3.63) is 36.0 Å². The summed E-state index contributed by atoms with van der Waals surface area (Å²) in [4.78, 5) is 12.4. The fraction of sp³-hybridized carbons (Fsp3) is 0.467. The zero-order valence-electron chi connectivity index (χ0n) is 11.1. The van der Waals surface area contributed by atoms with E-state index < -0.39 is 0 Å². The predicted molar refractivity (Wildman–Crippen MR) is 73.8 cm³/mol. The van der Waals surface area contributed by atoms with Gasteiger partial charge in [-0.25, -0.2) is 9.97 Å². The van der Waals surface area contributed by atoms with E-state index in [0.29, 0.717) is 5.92 Å². The highest BCUT2D eigenvalue weighted by Crippen LogP contribution is 2.32. The van der Waals surface area contributed by atoms with E-state index in [9.17, 15) is 5.11 Å². The fourth-order valence-corrected chi connectivity index (χ4v) is 2.74. The summed E-state index contributed by atoms with van der Waals surface area (Å²) >= 11 is 0. The van der Waals surface area contributed by atoms with Crippen LogP contribution in [0.2, 0.25) is 0 Å². The molecule has 1 fully saturated rings. The Bertz CT molecular complexity index is 543. The van der Waals surface area contributed by atoms with Crippen LogP contribution in [0.5, 0.6) is 0 Å². The molecule has 19 heavy (non-hydrogen) atoms. The van der Waals surface area contributed by atoms with Crippen LogP contribution in [0.1, 0.15) is 43.1 Å². The normalized spacial score (nSPS) is 23.5. The van der Waals surface area contributed by atoms with E-state index in [1.54, 1.807) is 0 Å². The number of rotatable bonds is 2. The summed E-state index contributed by atoms with van der Waals surface area (Å²) in [5.74, 6) is 1.32. The van der Waals surface area contributed by atoms with Crippen molar-refractivity contribution in [1.82, 2.24) is 15.0 Å². The first kappa shape index (κ1) is 12.4. The van der Waals surface area contributed by atoms with Crippen molar-refractivity contribution < 1.29 is 5.11 Å². The van der Waals surface area contributed by atoms with Crippen LogP contribution in [0.25, 0.3) is 11.3 Å². The van der Waals surface area contributed by atoms with Crippen LogP contribution in [0.15, 0.2) is 24.5 Å². The second kappa shape index (κ2) is 5.13. The Morgan fingerprint density at radius 2 is 2.00 bits per heavy atom. The second-order valence-corrected chi connectivity index (χ2v) is 5.36. The number of aromatic nitrogens is 3. The molecule has 0 atom stereocenters. The van der Waals surface area contributed by atoms with Crippen molar-refractivity contribution in [2.75, 3.05) is 0 Å². The lowest BCUT2D eigenvalue weighted by molar-refractivity contribution is 0.121. The van der Waals surface area contributed by atoms with E-state index in [1.807, 2.05) is 31.5 Å². The molecular weight excluding hydrogens is 238 g/mol. The molecule has 0 aromatic carbocycles. The van der Waals surface area contributed by atoms with Crippen LogP contribution in [-0.2, 0) is 0 Å². The quantitative estimate of drug-likeness (QED) is 0.869. The first-order chi connectivity index (χ1) is 9.22. The summed E-state index contributed by atoms with van der Waals surface area (Å²) in [5.41, 5.74) is 3.09. The molecule has 0 amide bonds. The molecule has 3 rings (SSSR count). The Labute approximate surface area is 112 Å². The molecule has 0 saturated heterocycles. The maximum atomic E-state index is 9.59. The lowest BCUT2D eigenvalue weighted by Gasteiger charge is -2.24. The summed E-state index contributed by atoms with van der Waals surface area (Å²) in [6.45, 7) is 2.01. The molecule has 1 aliphatic rings. The maximum Gasteiger partial charge on any atom is 0.132 e. The van der Waals surface area contributed by atoms with Gasteiger partial charge in [-0.05, 0) is 44.7 Å². The van der Waals surface area contributed by atoms with Gasteiger partial charge >= 0.3 is 0 Å². The summed E-state index contributed by atoms with van der Waals surface area (Å²) in [6.07, 6.45) is 7.42. The minimum absolute atomic E-state index is 0.134. The average molecular weight is 257 g/mol. The average Bonchev–Trinajstić information content (AvgIpc) is 2.93. The summed E-state index contributed by atoms with van der Waals surface area (Å²) in [6, 6.07) is 4.04. The third kappa shape index (κ3) is 2.68. The third-order valence-corrected chi connectivity index (χ3v) is 3.83. The Morgan fingerprint density at radius 1 is 1.21 bits per heavy atom. The third-order valence-electron chi connectivity index (χ3n) is 3.83. The van der Waals surface area contributed by atoms with Crippen molar-refractivity contribution in [1.29, 1.82) is 0 Å². The molecule has 0 unspecified atom stereocenters. The van der Waals surface area contributed by atoms with E-state index in [-0.39, 0.29) is 6.10 Å². The van der Waals surface area contributed by atoms with E-state index in [2.05, 4.69) is 9.97 Å². The molecule has 2 heterocycles. The van der Waals surface area contributed by atoms with Crippen molar-refractivity contribution in [3.63, 3.8) is 0 Å². The minimum atomic E-state index is -0.134. The van der Waals surface area contributed by atoms with Crippen molar-refractivity contribution in [3.8, 4) is 11.3 Å². The topological polar surface area (TPSA) is 61.8 Å². The highest BCUT2D eigenvalue weighted by atomic mass is 16.3. The van der Waals surface area contributed by atoms with Gasteiger partial charge in [0.25, 0.3) is 0 Å². The van der Waals surface area contributed by atoms with Gasteiger partial charge in [0.15, 0.2) is 0 Å². The molecule has 0 spiro atoms. The molecule has 2 N–H and O–H groups in total. The fourth-order valence-electron chi connectivity index (χ4n) is 2.74. The molecule has 100 valence electrons. The standard InChI is InChI=1S/C15H19N3O/c1-10-8-14(12-6-7-16-9-12)18-15(17-10)11-2-4-13(19)5-3-11/h6-9,11,13,16,19H,2-5H2,1H3. The number of aliphatic hydroxyl groups is 1. The molecule has 1 aliphatic carbocycles. The number of aromatic amines is 1. The van der Waals surface area contributed by atoms with Gasteiger partial charge in [-0.15, -0.1) is 0 Å². The van der Waals surface area contributed by atoms with Gasteiger partial charge in [0.2, 0.25) is 0 Å². The Balaban J connectivity index is 1.90. The van der Waals surface area contributed by atoms with Crippen LogP contribution in [0, 0.1) is 6.92 Å². The van der Waals surface area contributed by atoms with Crippen LogP contribution < -0.4 is 0 Å². The highest BCUT2D eigenvalue weighted by molar-refractivity contribution is 5.58. The van der Waals surface area contributed by atoms with Gasteiger partial charge in [0, 0.05) is 29.6 Å². The molecule has 0 bridgehead atoms. The Kier molecular flexibility index (Phi) is 3.34. The largest absolute Gasteiger partial charge is 0.393 e. The molecule has 1 saturated carbocycles. The highest BCUT2D eigenvalue weighted by Gasteiger charge is 2.23. The van der Waals surface area contributed by atoms with E-state index >= 15 is 0 Å². The van der Waals surface area contributed by atoms with Gasteiger partial charge in [-0.2, -0.15) is 0 Å². The summed E-state index contributed by atoms with van der Waals surface area (Å²) < 4.78 is 0. The van der Waals surface area contributed by atoms with E-state index in [0.717, 1.165) is 48.5 Å². The van der Waals surface area contributed by atoms with Crippen LogP contribution in [0.3, 0.4) is 0 Å². The minimum Gasteiger partial charge on any atom is -0.393 e. The molecule has 2 aromatic rings. The number of nitrogens with one attached hydrogen (secondary N) is 1. The van der Waals surface area contributed by atoms with Crippen LogP contribution in [0.4, 0.5) is 0 Å². The molecule has 0 radical (unpaired) electrons. The van der Waals surface area contributed by atoms with Crippen molar-refractivity contribution >= 4 is 0 Å². The van der Waals surface area contributed by atoms with Crippen molar-refractivity contribution in [2.24, 2.45) is 0 Å². The van der Waals surface area contributed by atoms with Gasteiger partial charge in [0.05, 0.1) is 11.8 Å². The van der Waals surface area contributed by atoms with Crippen molar-refractivity contribution in [2.45, 2.75) is 44.6 Å². The van der Waals surface area contributed by atoms with Gasteiger partial charge in [0.1, 0.15) is 5.82 Å². The number of nitrogens with zero attached hydrogens (tertiary/aromatic N) is 2. The molecule has 0 aliphatic heterocycles. The summed E-state index contributed by atoms with van der Waals surface area (Å²) in [5, 5.41) is 9.59. The van der Waals surface area contributed by atoms with Gasteiger partial charge in [-0.3, -0.25) is 0 Å². The Hall–Kier alpha value is -1.68. The molecular formula is C15H19N3O. The molecule has 4 nitrogen and oxygen atoms in total. The smallest absolute Gasteiger partial charge is 0.132 e. The molecule has 2 aromatic heterocycles.